The van der Waals surface area contributed by atoms with Gasteiger partial charge in [0, 0.05) is 38.6 Å². The van der Waals surface area contributed by atoms with Crippen molar-refractivity contribution < 1.29 is 14.0 Å². The molecular weight excluding hydrogens is 344 g/mol. The Hall–Kier alpha value is -3.48. The van der Waals surface area contributed by atoms with E-state index in [1.165, 1.54) is 11.3 Å². The molecular formula is C20H18N4O3. The lowest BCUT2D eigenvalue weighted by molar-refractivity contribution is 0.0703. The quantitative estimate of drug-likeness (QED) is 0.715. The van der Waals surface area contributed by atoms with Crippen molar-refractivity contribution >= 4 is 11.8 Å². The van der Waals surface area contributed by atoms with Crippen molar-refractivity contribution in [1.29, 1.82) is 0 Å². The molecule has 3 heterocycles. The minimum Gasteiger partial charge on any atom is -0.446 e. The van der Waals surface area contributed by atoms with Crippen molar-refractivity contribution in [3.63, 3.8) is 0 Å². The molecule has 7 heteroatoms. The van der Waals surface area contributed by atoms with Crippen LogP contribution < -0.4 is 0 Å². The number of benzene rings is 1. The zero-order chi connectivity index (χ0) is 19.0. The fourth-order valence-electron chi connectivity index (χ4n) is 3.36. The number of oxazole rings is 1. The van der Waals surface area contributed by atoms with Gasteiger partial charge in [-0.15, -0.1) is 0 Å². The van der Waals surface area contributed by atoms with Gasteiger partial charge in [-0.3, -0.25) is 14.6 Å². The van der Waals surface area contributed by atoms with Gasteiger partial charge in [0.1, 0.15) is 6.04 Å². The summed E-state index contributed by atoms with van der Waals surface area (Å²) in [6.45, 7) is 0.378. The van der Waals surface area contributed by atoms with Gasteiger partial charge in [-0.1, -0.05) is 6.07 Å². The minimum atomic E-state index is -0.390. The highest BCUT2D eigenvalue weighted by Crippen LogP contribution is 2.39. The summed E-state index contributed by atoms with van der Waals surface area (Å²) in [5, 5.41) is 0. The topological polar surface area (TPSA) is 79.5 Å². The molecule has 0 saturated carbocycles. The van der Waals surface area contributed by atoms with Gasteiger partial charge in [-0.05, 0) is 35.4 Å². The summed E-state index contributed by atoms with van der Waals surface area (Å²) in [5.41, 5.74) is 2.94. The first-order chi connectivity index (χ1) is 13.1. The molecule has 0 bridgehead atoms. The predicted molar refractivity (Wildman–Crippen MR) is 96.9 cm³/mol. The van der Waals surface area contributed by atoms with Crippen molar-refractivity contribution in [2.24, 2.45) is 0 Å². The molecule has 0 saturated heterocycles. The van der Waals surface area contributed by atoms with E-state index in [1.807, 2.05) is 12.1 Å². The van der Waals surface area contributed by atoms with Gasteiger partial charge in [0.05, 0.1) is 11.8 Å². The van der Waals surface area contributed by atoms with Crippen LogP contribution in [0.2, 0.25) is 0 Å². The number of aromatic nitrogens is 2. The van der Waals surface area contributed by atoms with Crippen molar-refractivity contribution in [3.8, 4) is 0 Å². The fourth-order valence-corrected chi connectivity index (χ4v) is 3.36. The lowest BCUT2D eigenvalue weighted by Crippen LogP contribution is -2.30. The third kappa shape index (κ3) is 2.97. The van der Waals surface area contributed by atoms with E-state index in [0.29, 0.717) is 23.4 Å². The molecule has 27 heavy (non-hydrogen) atoms. The summed E-state index contributed by atoms with van der Waals surface area (Å²) in [7, 11) is 3.43. The monoisotopic (exact) mass is 362 g/mol. The Morgan fingerprint density at radius 1 is 1.15 bits per heavy atom. The Bertz CT molecular complexity index is 984. The van der Waals surface area contributed by atoms with Crippen LogP contribution in [0.1, 0.15) is 43.6 Å². The molecule has 2 amide bonds. The highest BCUT2D eigenvalue weighted by molar-refractivity contribution is 5.96. The highest BCUT2D eigenvalue weighted by atomic mass is 16.3. The zero-order valence-corrected chi connectivity index (χ0v) is 15.0. The first-order valence-electron chi connectivity index (χ1n) is 8.50. The molecule has 0 spiro atoms. The maximum absolute atomic E-state index is 13.1. The average Bonchev–Trinajstić information content (AvgIpc) is 3.34. The van der Waals surface area contributed by atoms with E-state index >= 15 is 0 Å². The van der Waals surface area contributed by atoms with Gasteiger partial charge in [-0.2, -0.15) is 0 Å². The van der Waals surface area contributed by atoms with Crippen LogP contribution in [0, 0.1) is 0 Å². The lowest BCUT2D eigenvalue weighted by Gasteiger charge is -2.23. The highest BCUT2D eigenvalue weighted by Gasteiger charge is 2.37. The van der Waals surface area contributed by atoms with Crippen molar-refractivity contribution in [2.75, 3.05) is 14.1 Å². The van der Waals surface area contributed by atoms with Gasteiger partial charge in [-0.25, -0.2) is 4.98 Å². The van der Waals surface area contributed by atoms with Crippen LogP contribution in [0.25, 0.3) is 0 Å². The molecule has 0 N–H and O–H groups in total. The molecule has 1 aliphatic heterocycles. The second-order valence-corrected chi connectivity index (χ2v) is 6.59. The summed E-state index contributed by atoms with van der Waals surface area (Å²) in [5.74, 6) is 0.352. The Morgan fingerprint density at radius 3 is 2.67 bits per heavy atom. The molecule has 2 aromatic heterocycles. The van der Waals surface area contributed by atoms with Crippen molar-refractivity contribution in [2.45, 2.75) is 12.6 Å². The van der Waals surface area contributed by atoms with Crippen LogP contribution in [-0.4, -0.2) is 45.7 Å². The van der Waals surface area contributed by atoms with Crippen molar-refractivity contribution in [3.05, 3.63) is 83.3 Å². The normalized spacial score (nSPS) is 15.5. The van der Waals surface area contributed by atoms with E-state index in [9.17, 15) is 9.59 Å². The number of hydrogen-bond acceptors (Lipinski definition) is 5. The number of hydrogen-bond donors (Lipinski definition) is 0. The molecule has 0 radical (unpaired) electrons. The molecule has 0 unspecified atom stereocenters. The first-order valence-corrected chi connectivity index (χ1v) is 8.50. The molecule has 136 valence electrons. The predicted octanol–water partition coefficient (Wildman–Crippen LogP) is 2.52. The minimum absolute atomic E-state index is 0.0777. The van der Waals surface area contributed by atoms with E-state index in [0.717, 1.165) is 11.1 Å². The van der Waals surface area contributed by atoms with Crippen LogP contribution in [-0.2, 0) is 6.54 Å². The van der Waals surface area contributed by atoms with Gasteiger partial charge in [0.2, 0.25) is 0 Å². The van der Waals surface area contributed by atoms with Crippen LogP contribution in [0.4, 0.5) is 0 Å². The number of fused-ring (bicyclic) bond motifs is 1. The Kier molecular flexibility index (Phi) is 4.19. The van der Waals surface area contributed by atoms with Crippen LogP contribution >= 0.6 is 0 Å². The number of amides is 2. The van der Waals surface area contributed by atoms with Gasteiger partial charge < -0.3 is 14.2 Å². The third-order valence-electron chi connectivity index (χ3n) is 4.63. The van der Waals surface area contributed by atoms with E-state index < -0.39 is 6.04 Å². The van der Waals surface area contributed by atoms with Gasteiger partial charge >= 0.3 is 0 Å². The van der Waals surface area contributed by atoms with E-state index in [-0.39, 0.29) is 11.8 Å². The summed E-state index contributed by atoms with van der Waals surface area (Å²) in [4.78, 5) is 36.7. The maximum atomic E-state index is 13.1. The van der Waals surface area contributed by atoms with Crippen LogP contribution in [0.5, 0.6) is 0 Å². The van der Waals surface area contributed by atoms with E-state index in [4.69, 9.17) is 4.42 Å². The van der Waals surface area contributed by atoms with E-state index in [1.54, 1.807) is 55.8 Å². The number of carbonyl (C=O) groups excluding carboxylic acids is 2. The van der Waals surface area contributed by atoms with E-state index in [2.05, 4.69) is 9.97 Å². The average molecular weight is 362 g/mol. The fraction of sp³-hybridized carbons (Fsp3) is 0.200. The standard InChI is InChI=1S/C20H18N4O3/c1-23(2)19(25)13-5-6-16-15(8-13)11-24(18(16)17-10-22-12-27-17)20(26)14-4-3-7-21-9-14/h3-10,12,18H,11H2,1-2H3/t18-/m1/s1. The third-order valence-corrected chi connectivity index (χ3v) is 4.63. The zero-order valence-electron chi connectivity index (χ0n) is 15.0. The number of nitrogens with zero attached hydrogens (tertiary/aromatic N) is 4. The van der Waals surface area contributed by atoms with Crippen LogP contribution in [0.3, 0.4) is 0 Å². The molecule has 1 atom stereocenters. The first kappa shape index (κ1) is 17.0. The SMILES string of the molecule is CN(C)C(=O)c1ccc2c(c1)CN(C(=O)c1cccnc1)[C@H]2c1cnco1. The van der Waals surface area contributed by atoms with Gasteiger partial charge in [0.25, 0.3) is 11.8 Å². The lowest BCUT2D eigenvalue weighted by atomic mass is 10.00. The molecule has 1 aliphatic rings. The van der Waals surface area contributed by atoms with Gasteiger partial charge in [0.15, 0.2) is 12.2 Å². The molecule has 0 aliphatic carbocycles. The molecule has 4 rings (SSSR count). The largest absolute Gasteiger partial charge is 0.446 e. The van der Waals surface area contributed by atoms with Crippen molar-refractivity contribution in [1.82, 2.24) is 19.8 Å². The maximum Gasteiger partial charge on any atom is 0.256 e. The molecule has 3 aromatic rings. The summed E-state index contributed by atoms with van der Waals surface area (Å²) in [6.07, 6.45) is 6.14. The second-order valence-electron chi connectivity index (χ2n) is 6.59. The summed E-state index contributed by atoms with van der Waals surface area (Å²) >= 11 is 0. The Labute approximate surface area is 156 Å². The Morgan fingerprint density at radius 2 is 2.00 bits per heavy atom. The summed E-state index contributed by atoms with van der Waals surface area (Å²) < 4.78 is 5.51. The summed E-state index contributed by atoms with van der Waals surface area (Å²) in [6, 6.07) is 8.58. The number of carbonyl (C=O) groups is 2. The second kappa shape index (κ2) is 6.68. The molecule has 7 nitrogen and oxygen atoms in total. The number of rotatable bonds is 3. The number of pyridine rings is 1. The molecule has 1 aromatic carbocycles. The van der Waals surface area contributed by atoms with Crippen LogP contribution in [0.15, 0.2) is 59.7 Å². The molecule has 0 fully saturated rings. The smallest absolute Gasteiger partial charge is 0.256 e. The Balaban J connectivity index is 1.76.